The Labute approximate surface area is 111 Å². The number of carbonyl (C=O) groups is 1. The molecule has 0 aromatic carbocycles. The van der Waals surface area contributed by atoms with Gasteiger partial charge < -0.3 is 5.32 Å². The van der Waals surface area contributed by atoms with Gasteiger partial charge in [0.1, 0.15) is 5.69 Å². The van der Waals surface area contributed by atoms with Crippen LogP contribution in [0.25, 0.3) is 0 Å². The number of aryl methyl sites for hydroxylation is 2. The highest BCUT2D eigenvalue weighted by Gasteiger charge is 2.18. The molecule has 2 unspecified atom stereocenters. The molecule has 1 amide bonds. The van der Waals surface area contributed by atoms with Crippen molar-refractivity contribution in [3.8, 4) is 0 Å². The monoisotopic (exact) mass is 301 g/mol. The molecule has 0 aliphatic carbocycles. The number of aromatic nitrogens is 2. The van der Waals surface area contributed by atoms with Crippen LogP contribution in [0.4, 0.5) is 0 Å². The van der Waals surface area contributed by atoms with Crippen molar-refractivity contribution in [2.75, 3.05) is 5.33 Å². The molecule has 0 fully saturated rings. The third kappa shape index (κ3) is 3.56. The molecular weight excluding hydrogens is 282 g/mol. The van der Waals surface area contributed by atoms with Gasteiger partial charge in [0.25, 0.3) is 5.91 Å². The smallest absolute Gasteiger partial charge is 0.269 e. The number of rotatable bonds is 5. The van der Waals surface area contributed by atoms with Gasteiger partial charge >= 0.3 is 0 Å². The van der Waals surface area contributed by atoms with Gasteiger partial charge in [-0.2, -0.15) is 5.10 Å². The Morgan fingerprint density at radius 1 is 1.59 bits per heavy atom. The van der Waals surface area contributed by atoms with Gasteiger partial charge in [0, 0.05) is 17.9 Å². The average Bonchev–Trinajstić information content (AvgIpc) is 2.69. The highest BCUT2D eigenvalue weighted by atomic mass is 79.9. The molecule has 1 aromatic heterocycles. The quantitative estimate of drug-likeness (QED) is 0.849. The number of carbonyl (C=O) groups excluding carboxylic acids is 1. The van der Waals surface area contributed by atoms with E-state index in [4.69, 9.17) is 0 Å². The molecule has 0 spiro atoms. The lowest BCUT2D eigenvalue weighted by Gasteiger charge is -2.19. The van der Waals surface area contributed by atoms with Crippen LogP contribution >= 0.6 is 15.9 Å². The van der Waals surface area contributed by atoms with E-state index >= 15 is 0 Å². The maximum Gasteiger partial charge on any atom is 0.269 e. The van der Waals surface area contributed by atoms with Crippen molar-refractivity contribution in [2.24, 2.45) is 5.92 Å². The molecular formula is C12H20BrN3O. The number of hydrogen-bond donors (Lipinski definition) is 1. The number of nitrogens with zero attached hydrogens (tertiary/aromatic N) is 2. The van der Waals surface area contributed by atoms with Crippen molar-refractivity contribution < 1.29 is 4.79 Å². The summed E-state index contributed by atoms with van der Waals surface area (Å²) < 4.78 is 1.73. The molecule has 0 aliphatic heterocycles. The van der Waals surface area contributed by atoms with E-state index < -0.39 is 0 Å². The van der Waals surface area contributed by atoms with Crippen molar-refractivity contribution >= 4 is 21.8 Å². The summed E-state index contributed by atoms with van der Waals surface area (Å²) in [4.78, 5) is 12.1. The molecule has 2 atom stereocenters. The Morgan fingerprint density at radius 2 is 2.24 bits per heavy atom. The van der Waals surface area contributed by atoms with Crippen LogP contribution in [-0.2, 0) is 6.54 Å². The molecule has 96 valence electrons. The summed E-state index contributed by atoms with van der Waals surface area (Å²) >= 11 is 3.42. The van der Waals surface area contributed by atoms with Crippen molar-refractivity contribution in [1.29, 1.82) is 0 Å². The fourth-order valence-electron chi connectivity index (χ4n) is 1.53. The van der Waals surface area contributed by atoms with E-state index in [2.05, 4.69) is 33.3 Å². The van der Waals surface area contributed by atoms with Gasteiger partial charge in [-0.05, 0) is 32.8 Å². The molecule has 17 heavy (non-hydrogen) atoms. The Morgan fingerprint density at radius 3 is 2.76 bits per heavy atom. The van der Waals surface area contributed by atoms with Gasteiger partial charge in [-0.3, -0.25) is 9.48 Å². The highest BCUT2D eigenvalue weighted by Crippen LogP contribution is 2.08. The summed E-state index contributed by atoms with van der Waals surface area (Å²) in [7, 11) is 0. The largest absolute Gasteiger partial charge is 0.348 e. The van der Waals surface area contributed by atoms with E-state index in [-0.39, 0.29) is 11.9 Å². The Kier molecular flexibility index (Phi) is 5.18. The minimum absolute atomic E-state index is 0.0484. The number of nitrogens with one attached hydrogen (secondary N) is 1. The molecule has 0 bridgehead atoms. The van der Waals surface area contributed by atoms with Crippen LogP contribution in [0.15, 0.2) is 6.07 Å². The minimum Gasteiger partial charge on any atom is -0.348 e. The van der Waals surface area contributed by atoms with Gasteiger partial charge in [-0.1, -0.05) is 22.9 Å². The van der Waals surface area contributed by atoms with Crippen molar-refractivity contribution in [2.45, 2.75) is 40.3 Å². The summed E-state index contributed by atoms with van der Waals surface area (Å²) in [5, 5.41) is 8.15. The normalized spacial score (nSPS) is 14.4. The number of hydrogen-bond acceptors (Lipinski definition) is 2. The first-order valence-corrected chi connectivity index (χ1v) is 7.03. The molecule has 0 saturated heterocycles. The molecule has 0 aliphatic rings. The molecule has 1 heterocycles. The second kappa shape index (κ2) is 6.19. The van der Waals surface area contributed by atoms with Crippen LogP contribution in [0, 0.1) is 12.8 Å². The molecule has 4 nitrogen and oxygen atoms in total. The maximum atomic E-state index is 12.1. The first-order chi connectivity index (χ1) is 7.99. The van der Waals surface area contributed by atoms with Crippen LogP contribution in [-0.4, -0.2) is 27.1 Å². The average molecular weight is 302 g/mol. The summed E-state index contributed by atoms with van der Waals surface area (Å²) in [6, 6.07) is 1.96. The van der Waals surface area contributed by atoms with E-state index in [1.54, 1.807) is 4.68 Å². The number of alkyl halides is 1. The van der Waals surface area contributed by atoms with E-state index in [9.17, 15) is 4.79 Å². The first-order valence-electron chi connectivity index (χ1n) is 5.90. The minimum atomic E-state index is -0.0484. The first kappa shape index (κ1) is 14.2. The highest BCUT2D eigenvalue weighted by molar-refractivity contribution is 9.09. The van der Waals surface area contributed by atoms with Gasteiger partial charge in [-0.15, -0.1) is 0 Å². The molecule has 1 N–H and O–H groups in total. The van der Waals surface area contributed by atoms with Crippen LogP contribution < -0.4 is 5.32 Å². The topological polar surface area (TPSA) is 46.9 Å². The zero-order valence-corrected chi connectivity index (χ0v) is 12.4. The second-order valence-corrected chi connectivity index (χ2v) is 5.03. The molecule has 0 radical (unpaired) electrons. The zero-order chi connectivity index (χ0) is 13.0. The second-order valence-electron chi connectivity index (χ2n) is 4.38. The molecule has 1 aromatic rings. The van der Waals surface area contributed by atoms with Crippen LogP contribution in [0.5, 0.6) is 0 Å². The maximum absolute atomic E-state index is 12.1. The number of halogens is 1. The van der Waals surface area contributed by atoms with E-state index in [0.717, 1.165) is 11.0 Å². The van der Waals surface area contributed by atoms with Crippen LogP contribution in [0.2, 0.25) is 0 Å². The third-order valence-electron chi connectivity index (χ3n) is 2.89. The fraction of sp³-hybridized carbons (Fsp3) is 0.667. The summed E-state index contributed by atoms with van der Waals surface area (Å²) in [5.74, 6) is 0.353. The SMILES string of the molecule is CCn1nc(C)cc1C(=O)NC(C)C(C)CBr. The predicted molar refractivity (Wildman–Crippen MR) is 72.5 cm³/mol. The predicted octanol–water partition coefficient (Wildman–Crippen LogP) is 2.36. The van der Waals surface area contributed by atoms with E-state index in [0.29, 0.717) is 18.2 Å². The number of amides is 1. The Balaban J connectivity index is 2.75. The van der Waals surface area contributed by atoms with Crippen LogP contribution in [0.1, 0.15) is 37.0 Å². The zero-order valence-electron chi connectivity index (χ0n) is 10.8. The van der Waals surface area contributed by atoms with Crippen molar-refractivity contribution in [1.82, 2.24) is 15.1 Å². The molecule has 5 heteroatoms. The standard InChI is InChI=1S/C12H20BrN3O/c1-5-16-11(6-9(3)15-16)12(17)14-10(4)8(2)7-13/h6,8,10H,5,7H2,1-4H3,(H,14,17). The van der Waals surface area contributed by atoms with Gasteiger partial charge in [0.05, 0.1) is 5.69 Å². The summed E-state index contributed by atoms with van der Waals surface area (Å²) in [6.07, 6.45) is 0. The van der Waals surface area contributed by atoms with Crippen molar-refractivity contribution in [3.63, 3.8) is 0 Å². The summed E-state index contributed by atoms with van der Waals surface area (Å²) in [5.41, 5.74) is 1.51. The van der Waals surface area contributed by atoms with E-state index in [1.807, 2.05) is 26.8 Å². The summed E-state index contributed by atoms with van der Waals surface area (Å²) in [6.45, 7) is 8.70. The van der Waals surface area contributed by atoms with Crippen molar-refractivity contribution in [3.05, 3.63) is 17.5 Å². The lowest BCUT2D eigenvalue weighted by Crippen LogP contribution is -2.38. The molecule has 1 rings (SSSR count). The van der Waals surface area contributed by atoms with Crippen LogP contribution in [0.3, 0.4) is 0 Å². The Hall–Kier alpha value is -0.840. The fourth-order valence-corrected chi connectivity index (χ4v) is 2.09. The molecule has 0 saturated carbocycles. The third-order valence-corrected chi connectivity index (χ3v) is 3.91. The Bertz CT molecular complexity index is 389. The van der Waals surface area contributed by atoms with Gasteiger partial charge in [-0.25, -0.2) is 0 Å². The lowest BCUT2D eigenvalue weighted by atomic mass is 10.1. The lowest BCUT2D eigenvalue weighted by molar-refractivity contribution is 0.0920. The van der Waals surface area contributed by atoms with Gasteiger partial charge in [0.15, 0.2) is 0 Å². The van der Waals surface area contributed by atoms with E-state index in [1.165, 1.54) is 0 Å². The van der Waals surface area contributed by atoms with Gasteiger partial charge in [0.2, 0.25) is 0 Å².